The molecule has 1 aromatic carbocycles. The molecule has 0 bridgehead atoms. The maximum absolute atomic E-state index is 13.6. The van der Waals surface area contributed by atoms with E-state index in [1.165, 1.54) is 18.3 Å². The van der Waals surface area contributed by atoms with Gasteiger partial charge in [0.1, 0.15) is 5.82 Å². The van der Waals surface area contributed by atoms with Crippen molar-refractivity contribution in [2.45, 2.75) is 0 Å². The van der Waals surface area contributed by atoms with Crippen LogP contribution in [0.3, 0.4) is 0 Å². The number of benzene rings is 1. The molecule has 1 amide bonds. The van der Waals surface area contributed by atoms with Crippen LogP contribution >= 0.6 is 0 Å². The summed E-state index contributed by atoms with van der Waals surface area (Å²) in [5.74, 6) is -0.738. The monoisotopic (exact) mass is 248 g/mol. The van der Waals surface area contributed by atoms with Crippen LogP contribution in [0, 0.1) is 5.82 Å². The van der Waals surface area contributed by atoms with E-state index in [-0.39, 0.29) is 11.2 Å². The van der Waals surface area contributed by atoms with Gasteiger partial charge in [-0.2, -0.15) is 0 Å². The van der Waals surface area contributed by atoms with E-state index in [1.54, 1.807) is 12.1 Å². The van der Waals surface area contributed by atoms with Gasteiger partial charge in [0.2, 0.25) is 0 Å². The first-order chi connectivity index (χ1) is 8.58. The molecule has 3 N–H and O–H groups in total. The quantitative estimate of drug-likeness (QED) is 0.762. The lowest BCUT2D eigenvalue weighted by atomic mass is 10.1. The van der Waals surface area contributed by atoms with Crippen molar-refractivity contribution in [2.24, 2.45) is 0 Å². The van der Waals surface area contributed by atoms with Gasteiger partial charge < -0.3 is 10.1 Å². The van der Waals surface area contributed by atoms with Gasteiger partial charge in [-0.25, -0.2) is 9.18 Å². The maximum atomic E-state index is 13.6. The molecular formula is C12H9FN2O3. The van der Waals surface area contributed by atoms with Crippen LogP contribution in [0.25, 0.3) is 11.1 Å². The molecule has 1 heterocycles. The van der Waals surface area contributed by atoms with Crippen LogP contribution in [0.5, 0.6) is 0 Å². The molecule has 0 aliphatic carbocycles. The van der Waals surface area contributed by atoms with E-state index < -0.39 is 11.9 Å². The Morgan fingerprint density at radius 1 is 1.33 bits per heavy atom. The molecule has 0 saturated carbocycles. The predicted molar refractivity (Wildman–Crippen MR) is 64.1 cm³/mol. The fraction of sp³-hybridized carbons (Fsp3) is 0. The molecular weight excluding hydrogens is 239 g/mol. The molecule has 2 aromatic rings. The van der Waals surface area contributed by atoms with Gasteiger partial charge in [0.05, 0.1) is 5.69 Å². The molecule has 2 rings (SSSR count). The Morgan fingerprint density at radius 3 is 2.72 bits per heavy atom. The molecule has 0 fully saturated rings. The summed E-state index contributed by atoms with van der Waals surface area (Å²) in [6.07, 6.45) is 0.127. The summed E-state index contributed by atoms with van der Waals surface area (Å²) in [5.41, 5.74) is 0.206. The molecule has 5 nitrogen and oxygen atoms in total. The first-order valence-corrected chi connectivity index (χ1v) is 5.05. The van der Waals surface area contributed by atoms with Crippen LogP contribution in [0.15, 0.2) is 41.3 Å². The zero-order valence-electron chi connectivity index (χ0n) is 9.11. The Morgan fingerprint density at radius 2 is 2.11 bits per heavy atom. The van der Waals surface area contributed by atoms with Crippen molar-refractivity contribution < 1.29 is 14.3 Å². The number of halogens is 1. The minimum atomic E-state index is -1.35. The number of anilines is 1. The van der Waals surface area contributed by atoms with Crippen molar-refractivity contribution in [1.29, 1.82) is 0 Å². The van der Waals surface area contributed by atoms with Crippen LogP contribution in [-0.2, 0) is 0 Å². The van der Waals surface area contributed by atoms with Gasteiger partial charge in [-0.1, -0.05) is 6.07 Å². The summed E-state index contributed by atoms with van der Waals surface area (Å²) in [4.78, 5) is 24.4. The van der Waals surface area contributed by atoms with Crippen molar-refractivity contribution in [3.8, 4) is 11.1 Å². The molecule has 0 unspecified atom stereocenters. The highest BCUT2D eigenvalue weighted by Gasteiger charge is 2.09. The number of nitrogens with one attached hydrogen (secondary N) is 2. The van der Waals surface area contributed by atoms with Gasteiger partial charge in [-0.3, -0.25) is 10.1 Å². The number of pyridine rings is 1. The van der Waals surface area contributed by atoms with Crippen molar-refractivity contribution in [2.75, 3.05) is 5.32 Å². The van der Waals surface area contributed by atoms with E-state index in [2.05, 4.69) is 4.98 Å². The lowest BCUT2D eigenvalue weighted by molar-refractivity contribution is 0.209. The number of aromatic amines is 1. The summed E-state index contributed by atoms with van der Waals surface area (Å²) >= 11 is 0. The molecule has 0 radical (unpaired) electrons. The molecule has 6 heteroatoms. The fourth-order valence-corrected chi connectivity index (χ4v) is 1.55. The van der Waals surface area contributed by atoms with Gasteiger partial charge in [0, 0.05) is 11.8 Å². The van der Waals surface area contributed by atoms with E-state index in [0.29, 0.717) is 11.1 Å². The summed E-state index contributed by atoms with van der Waals surface area (Å²) in [6.45, 7) is 0. The SMILES string of the molecule is O=C(O)Nc1ccc(-c2ccc[nH]c2=O)cc1F. The fourth-order valence-electron chi connectivity index (χ4n) is 1.55. The van der Waals surface area contributed by atoms with Crippen molar-refractivity contribution in [3.63, 3.8) is 0 Å². The molecule has 0 saturated heterocycles. The number of hydrogen-bond acceptors (Lipinski definition) is 2. The molecule has 18 heavy (non-hydrogen) atoms. The van der Waals surface area contributed by atoms with Crippen LogP contribution in [0.2, 0.25) is 0 Å². The number of H-pyrrole nitrogens is 1. The van der Waals surface area contributed by atoms with Crippen LogP contribution in [0.4, 0.5) is 14.9 Å². The number of carboxylic acid groups (broad SMARTS) is 1. The number of rotatable bonds is 2. The van der Waals surface area contributed by atoms with E-state index in [4.69, 9.17) is 5.11 Å². The highest BCUT2D eigenvalue weighted by Crippen LogP contribution is 2.21. The smallest absolute Gasteiger partial charge is 0.409 e. The summed E-state index contributed by atoms with van der Waals surface area (Å²) in [5, 5.41) is 10.4. The first-order valence-electron chi connectivity index (χ1n) is 5.05. The molecule has 0 spiro atoms. The average molecular weight is 248 g/mol. The topological polar surface area (TPSA) is 82.2 Å². The van der Waals surface area contributed by atoms with E-state index >= 15 is 0 Å². The Labute approximate surface area is 101 Å². The molecule has 0 atom stereocenters. The first kappa shape index (κ1) is 11.8. The Bertz CT molecular complexity index is 652. The third kappa shape index (κ3) is 2.37. The van der Waals surface area contributed by atoms with Gasteiger partial charge in [-0.15, -0.1) is 0 Å². The number of amides is 1. The highest BCUT2D eigenvalue weighted by atomic mass is 19.1. The van der Waals surface area contributed by atoms with E-state index in [0.717, 1.165) is 6.07 Å². The van der Waals surface area contributed by atoms with Crippen molar-refractivity contribution in [3.05, 3.63) is 52.7 Å². The predicted octanol–water partition coefficient (Wildman–Crippen LogP) is 2.27. The summed E-state index contributed by atoms with van der Waals surface area (Å²) < 4.78 is 13.6. The minimum absolute atomic E-state index is 0.154. The standard InChI is InChI=1S/C12H9FN2O3/c13-9-6-7(3-4-10(9)15-12(17)18)8-2-1-5-14-11(8)16/h1-6,15H,(H,14,16)(H,17,18). The van der Waals surface area contributed by atoms with Crippen LogP contribution in [-0.4, -0.2) is 16.2 Å². The van der Waals surface area contributed by atoms with E-state index in [1.807, 2.05) is 5.32 Å². The number of carbonyl (C=O) groups is 1. The molecule has 1 aromatic heterocycles. The van der Waals surface area contributed by atoms with Crippen molar-refractivity contribution in [1.82, 2.24) is 4.98 Å². The average Bonchev–Trinajstić information content (AvgIpc) is 2.32. The van der Waals surface area contributed by atoms with Gasteiger partial charge >= 0.3 is 6.09 Å². The lowest BCUT2D eigenvalue weighted by Crippen LogP contribution is -2.10. The Balaban J connectivity index is 2.44. The van der Waals surface area contributed by atoms with Crippen LogP contribution in [0.1, 0.15) is 0 Å². The summed E-state index contributed by atoms with van der Waals surface area (Å²) in [7, 11) is 0. The third-order valence-corrected chi connectivity index (χ3v) is 2.34. The third-order valence-electron chi connectivity index (χ3n) is 2.34. The normalized spacial score (nSPS) is 10.1. The van der Waals surface area contributed by atoms with Gasteiger partial charge in [0.15, 0.2) is 0 Å². The highest BCUT2D eigenvalue weighted by molar-refractivity contribution is 5.83. The Kier molecular flexibility index (Phi) is 3.09. The van der Waals surface area contributed by atoms with Crippen LogP contribution < -0.4 is 10.9 Å². The van der Waals surface area contributed by atoms with Gasteiger partial charge in [-0.05, 0) is 29.8 Å². The zero-order valence-corrected chi connectivity index (χ0v) is 9.11. The molecule has 0 aliphatic heterocycles. The molecule has 0 aliphatic rings. The largest absolute Gasteiger partial charge is 0.465 e. The number of aromatic nitrogens is 1. The summed E-state index contributed by atoms with van der Waals surface area (Å²) in [6, 6.07) is 7.02. The minimum Gasteiger partial charge on any atom is -0.465 e. The second-order valence-corrected chi connectivity index (χ2v) is 3.54. The maximum Gasteiger partial charge on any atom is 0.409 e. The van der Waals surface area contributed by atoms with Gasteiger partial charge in [0.25, 0.3) is 5.56 Å². The number of hydrogen-bond donors (Lipinski definition) is 3. The zero-order chi connectivity index (χ0) is 13.1. The Hall–Kier alpha value is -2.63. The molecule has 92 valence electrons. The van der Waals surface area contributed by atoms with E-state index in [9.17, 15) is 14.0 Å². The lowest BCUT2D eigenvalue weighted by Gasteiger charge is -2.05. The second-order valence-electron chi connectivity index (χ2n) is 3.54. The second kappa shape index (κ2) is 4.70. The van der Waals surface area contributed by atoms with Crippen molar-refractivity contribution >= 4 is 11.8 Å².